The molecule has 0 unspecified atom stereocenters. The van der Waals surface area contributed by atoms with Crippen LogP contribution in [0.2, 0.25) is 0 Å². The summed E-state index contributed by atoms with van der Waals surface area (Å²) < 4.78 is 2.09. The number of anilines is 1. The molecule has 4 aromatic heterocycles. The molecule has 1 N–H and O–H groups in total. The number of hydrogen-bond acceptors (Lipinski definition) is 6. The number of fused-ring (bicyclic) bond motifs is 3. The van der Waals surface area contributed by atoms with Crippen molar-refractivity contribution in [3.8, 4) is 21.8 Å². The molecule has 4 aromatic rings. The Kier molecular flexibility index (Phi) is 5.76. The van der Waals surface area contributed by atoms with Gasteiger partial charge in [0.1, 0.15) is 0 Å². The van der Waals surface area contributed by atoms with Crippen molar-refractivity contribution in [1.82, 2.24) is 24.7 Å². The van der Waals surface area contributed by atoms with Crippen LogP contribution in [0.15, 0.2) is 42.7 Å². The third-order valence-electron chi connectivity index (χ3n) is 5.79. The summed E-state index contributed by atoms with van der Waals surface area (Å²) in [5, 5.41) is 8.63. The van der Waals surface area contributed by atoms with Crippen molar-refractivity contribution in [2.75, 3.05) is 5.32 Å². The molecule has 8 heteroatoms. The van der Waals surface area contributed by atoms with Crippen LogP contribution < -0.4 is 5.32 Å². The molecule has 4 heterocycles. The Bertz CT molecular complexity index is 1290. The lowest BCUT2D eigenvalue weighted by atomic mass is 9.95. The first-order chi connectivity index (χ1) is 16.0. The van der Waals surface area contributed by atoms with Crippen LogP contribution in [0.1, 0.15) is 49.0 Å². The summed E-state index contributed by atoms with van der Waals surface area (Å²) in [4.78, 5) is 27.2. The number of aromatic nitrogens is 5. The number of nitrogens with one attached hydrogen (secondary N) is 1. The highest BCUT2D eigenvalue weighted by molar-refractivity contribution is 7.19. The molecule has 0 bridgehead atoms. The maximum absolute atomic E-state index is 12.5. The van der Waals surface area contributed by atoms with Gasteiger partial charge in [0.25, 0.3) is 0 Å². The number of carbonyl (C=O) groups excluding carboxylic acids is 1. The molecule has 0 atom stereocenters. The molecule has 7 nitrogen and oxygen atoms in total. The van der Waals surface area contributed by atoms with Gasteiger partial charge in [-0.25, -0.2) is 4.98 Å². The van der Waals surface area contributed by atoms with Crippen LogP contribution in [-0.2, 0) is 24.1 Å². The van der Waals surface area contributed by atoms with E-state index in [0.29, 0.717) is 18.0 Å². The van der Waals surface area contributed by atoms with Crippen molar-refractivity contribution < 1.29 is 4.79 Å². The Hall–Kier alpha value is -3.39. The lowest BCUT2D eigenvalue weighted by molar-refractivity contribution is -0.116. The van der Waals surface area contributed by atoms with E-state index in [0.717, 1.165) is 51.8 Å². The SMILES string of the molecule is Cc1ccc(-c2nn(C(C)C)c3c2CCc2nc(NC(=O)CCc4ccccn4)sc2-3)cn1. The quantitative estimate of drug-likeness (QED) is 0.438. The Labute approximate surface area is 196 Å². The van der Waals surface area contributed by atoms with E-state index in [1.807, 2.05) is 37.4 Å². The minimum absolute atomic E-state index is 0.0456. The van der Waals surface area contributed by atoms with Gasteiger partial charge in [-0.3, -0.25) is 19.4 Å². The second-order valence-electron chi connectivity index (χ2n) is 8.57. The second-order valence-corrected chi connectivity index (χ2v) is 9.57. The summed E-state index contributed by atoms with van der Waals surface area (Å²) >= 11 is 1.54. The maximum Gasteiger partial charge on any atom is 0.226 e. The summed E-state index contributed by atoms with van der Waals surface area (Å²) in [5.74, 6) is -0.0456. The van der Waals surface area contributed by atoms with E-state index in [1.165, 1.54) is 16.9 Å². The summed E-state index contributed by atoms with van der Waals surface area (Å²) in [6.45, 7) is 6.27. The molecule has 0 fully saturated rings. The van der Waals surface area contributed by atoms with Gasteiger partial charge in [0.2, 0.25) is 5.91 Å². The van der Waals surface area contributed by atoms with Crippen molar-refractivity contribution in [3.05, 3.63) is 65.4 Å². The van der Waals surface area contributed by atoms with Crippen molar-refractivity contribution in [2.24, 2.45) is 0 Å². The van der Waals surface area contributed by atoms with Gasteiger partial charge in [-0.2, -0.15) is 5.10 Å². The van der Waals surface area contributed by atoms with E-state index < -0.39 is 0 Å². The lowest BCUT2D eigenvalue weighted by Gasteiger charge is -2.15. The minimum atomic E-state index is -0.0456. The normalized spacial score (nSPS) is 12.5. The van der Waals surface area contributed by atoms with E-state index in [9.17, 15) is 4.79 Å². The molecular formula is C25H26N6OS. The summed E-state index contributed by atoms with van der Waals surface area (Å²) in [6.07, 6.45) is 6.33. The number of aryl methyl sites for hydroxylation is 3. The molecule has 0 radical (unpaired) electrons. The monoisotopic (exact) mass is 458 g/mol. The van der Waals surface area contributed by atoms with Crippen molar-refractivity contribution in [2.45, 2.75) is 52.5 Å². The Morgan fingerprint density at radius 3 is 2.79 bits per heavy atom. The fraction of sp³-hybridized carbons (Fsp3) is 0.320. The van der Waals surface area contributed by atoms with Gasteiger partial charge in [0.05, 0.1) is 22.0 Å². The number of nitrogens with zero attached hydrogens (tertiary/aromatic N) is 5. The highest BCUT2D eigenvalue weighted by Gasteiger charge is 2.30. The molecule has 1 amide bonds. The molecule has 0 aromatic carbocycles. The van der Waals surface area contributed by atoms with Crippen LogP contribution in [0.5, 0.6) is 0 Å². The van der Waals surface area contributed by atoms with E-state index in [-0.39, 0.29) is 11.9 Å². The van der Waals surface area contributed by atoms with E-state index in [1.54, 1.807) is 6.20 Å². The molecule has 0 saturated carbocycles. The summed E-state index contributed by atoms with van der Waals surface area (Å²) in [7, 11) is 0. The molecule has 0 spiro atoms. The van der Waals surface area contributed by atoms with Crippen LogP contribution in [0.25, 0.3) is 21.8 Å². The maximum atomic E-state index is 12.5. The van der Waals surface area contributed by atoms with Gasteiger partial charge >= 0.3 is 0 Å². The van der Waals surface area contributed by atoms with Crippen LogP contribution >= 0.6 is 11.3 Å². The van der Waals surface area contributed by atoms with Crippen LogP contribution in [-0.4, -0.2) is 30.6 Å². The third-order valence-corrected chi connectivity index (χ3v) is 6.81. The van der Waals surface area contributed by atoms with Gasteiger partial charge in [-0.1, -0.05) is 17.4 Å². The zero-order valence-electron chi connectivity index (χ0n) is 19.0. The fourth-order valence-electron chi connectivity index (χ4n) is 4.13. The predicted octanol–water partition coefficient (Wildman–Crippen LogP) is 5.02. The van der Waals surface area contributed by atoms with Crippen LogP contribution in [0.4, 0.5) is 5.13 Å². The van der Waals surface area contributed by atoms with E-state index >= 15 is 0 Å². The zero-order valence-corrected chi connectivity index (χ0v) is 19.8. The molecule has 33 heavy (non-hydrogen) atoms. The standard InChI is InChI=1S/C25H26N6OS/c1-15(2)31-23-19(22(30-31)17-8-7-16(3)27-14-17)10-11-20-24(23)33-25(28-20)29-21(32)12-9-18-6-4-5-13-26-18/h4-8,13-15H,9-12H2,1-3H3,(H,28,29,32). The molecule has 168 valence electrons. The van der Waals surface area contributed by atoms with Crippen molar-refractivity contribution in [3.63, 3.8) is 0 Å². The number of thiazole rings is 1. The smallest absolute Gasteiger partial charge is 0.226 e. The average Bonchev–Trinajstić information content (AvgIpc) is 3.40. The van der Waals surface area contributed by atoms with Gasteiger partial charge in [-0.15, -0.1) is 0 Å². The average molecular weight is 459 g/mol. The highest BCUT2D eigenvalue weighted by Crippen LogP contribution is 2.44. The number of amides is 1. The number of carbonyl (C=O) groups is 1. The van der Waals surface area contributed by atoms with Crippen molar-refractivity contribution in [1.29, 1.82) is 0 Å². The fourth-order valence-corrected chi connectivity index (χ4v) is 5.23. The molecular weight excluding hydrogens is 432 g/mol. The Morgan fingerprint density at radius 1 is 1.18 bits per heavy atom. The Balaban J connectivity index is 1.42. The number of hydrogen-bond donors (Lipinski definition) is 1. The first-order valence-corrected chi connectivity index (χ1v) is 12.1. The van der Waals surface area contributed by atoms with Gasteiger partial charge in [-0.05, 0) is 64.3 Å². The number of rotatable bonds is 6. The molecule has 1 aliphatic rings. The molecule has 1 aliphatic carbocycles. The van der Waals surface area contributed by atoms with E-state index in [2.05, 4.69) is 39.9 Å². The topological polar surface area (TPSA) is 85.6 Å². The van der Waals surface area contributed by atoms with Crippen molar-refractivity contribution >= 4 is 22.4 Å². The second kappa shape index (κ2) is 8.86. The summed E-state index contributed by atoms with van der Waals surface area (Å²) in [5.41, 5.74) is 7.31. The molecule has 0 saturated heterocycles. The van der Waals surface area contributed by atoms with Gasteiger partial charge < -0.3 is 5.32 Å². The zero-order chi connectivity index (χ0) is 22.9. The first kappa shape index (κ1) is 21.5. The Morgan fingerprint density at radius 2 is 2.06 bits per heavy atom. The minimum Gasteiger partial charge on any atom is -0.302 e. The lowest BCUT2D eigenvalue weighted by Crippen LogP contribution is -2.12. The van der Waals surface area contributed by atoms with E-state index in [4.69, 9.17) is 10.1 Å². The largest absolute Gasteiger partial charge is 0.302 e. The van der Waals surface area contributed by atoms with Gasteiger partial charge in [0.15, 0.2) is 5.13 Å². The number of pyridine rings is 2. The molecule has 5 rings (SSSR count). The highest BCUT2D eigenvalue weighted by atomic mass is 32.1. The predicted molar refractivity (Wildman–Crippen MR) is 130 cm³/mol. The van der Waals surface area contributed by atoms with Crippen LogP contribution in [0, 0.1) is 6.92 Å². The summed E-state index contributed by atoms with van der Waals surface area (Å²) in [6, 6.07) is 10.1. The third kappa shape index (κ3) is 4.30. The van der Waals surface area contributed by atoms with Crippen LogP contribution in [0.3, 0.4) is 0 Å². The molecule has 0 aliphatic heterocycles. The van der Waals surface area contributed by atoms with Gasteiger partial charge in [0, 0.05) is 47.4 Å². The first-order valence-electron chi connectivity index (χ1n) is 11.2.